The maximum atomic E-state index is 10.5. The van der Waals surface area contributed by atoms with Crippen LogP contribution in [0.5, 0.6) is 0 Å². The molecule has 0 aromatic heterocycles. The van der Waals surface area contributed by atoms with Gasteiger partial charge in [0.25, 0.3) is 0 Å². The zero-order valence-corrected chi connectivity index (χ0v) is 4.89. The Kier molecular flexibility index (Phi) is 1.65. The molecule has 0 bridgehead atoms. The van der Waals surface area contributed by atoms with Crippen LogP contribution in [0.4, 0.5) is 0 Å². The second-order valence-corrected chi connectivity index (χ2v) is 2.08. The lowest BCUT2D eigenvalue weighted by atomic mass is 10.3. The van der Waals surface area contributed by atoms with Gasteiger partial charge in [0.1, 0.15) is 19.3 Å². The molecule has 0 aliphatic carbocycles. The average molecular weight is 131 g/mol. The van der Waals surface area contributed by atoms with Gasteiger partial charge in [-0.25, -0.2) is 0 Å². The minimum atomic E-state index is -0.444. The van der Waals surface area contributed by atoms with E-state index in [9.17, 15) is 10.0 Å². The Morgan fingerprint density at radius 3 is 2.78 bits per heavy atom. The van der Waals surface area contributed by atoms with Crippen LogP contribution in [0.15, 0.2) is 0 Å². The smallest absolute Gasteiger partial charge is 0.240 e. The average Bonchev–Trinajstić information content (AvgIpc) is 2.14. The molecule has 2 unspecified atom stereocenters. The van der Waals surface area contributed by atoms with Gasteiger partial charge in [0, 0.05) is 0 Å². The molecule has 1 saturated heterocycles. The zero-order chi connectivity index (χ0) is 6.85. The van der Waals surface area contributed by atoms with E-state index in [0.717, 1.165) is 0 Å². The first kappa shape index (κ1) is 6.47. The molecular weight excluding hydrogens is 122 g/mol. The van der Waals surface area contributed by atoms with E-state index in [1.54, 1.807) is 0 Å². The standard InChI is InChI=1S/C4H9N3O2/c5-4(8)3-1-7(9)2-6-3/h3,6-7H,1-2H2,(H2,5,8). The van der Waals surface area contributed by atoms with E-state index >= 15 is 0 Å². The Morgan fingerprint density at radius 2 is 2.56 bits per heavy atom. The number of carbonyl (C=O) groups is 1. The third kappa shape index (κ3) is 1.38. The molecule has 2 atom stereocenters. The van der Waals surface area contributed by atoms with Crippen molar-refractivity contribution in [2.24, 2.45) is 5.73 Å². The maximum Gasteiger partial charge on any atom is 0.240 e. The van der Waals surface area contributed by atoms with Crippen molar-refractivity contribution in [2.45, 2.75) is 6.04 Å². The van der Waals surface area contributed by atoms with Crippen molar-refractivity contribution in [3.8, 4) is 0 Å². The summed E-state index contributed by atoms with van der Waals surface area (Å²) in [5.74, 6) is -0.444. The van der Waals surface area contributed by atoms with Gasteiger partial charge in [-0.1, -0.05) is 0 Å². The molecule has 0 radical (unpaired) electrons. The van der Waals surface area contributed by atoms with Gasteiger partial charge < -0.3 is 16.0 Å². The second kappa shape index (κ2) is 2.30. The summed E-state index contributed by atoms with van der Waals surface area (Å²) in [4.78, 5) is 10.4. The number of rotatable bonds is 1. The molecule has 5 nitrogen and oxygen atoms in total. The molecule has 0 aromatic carbocycles. The first-order valence-corrected chi connectivity index (χ1v) is 2.74. The largest absolute Gasteiger partial charge is 0.633 e. The molecule has 1 amide bonds. The Morgan fingerprint density at radius 1 is 1.89 bits per heavy atom. The predicted molar refractivity (Wildman–Crippen MR) is 30.2 cm³/mol. The van der Waals surface area contributed by atoms with E-state index in [1.165, 1.54) is 0 Å². The lowest BCUT2D eigenvalue weighted by molar-refractivity contribution is -0.835. The number of nitrogens with two attached hydrogens (primary N) is 1. The van der Waals surface area contributed by atoms with Crippen LogP contribution in [0.1, 0.15) is 0 Å². The number of quaternary nitrogens is 1. The van der Waals surface area contributed by atoms with Gasteiger partial charge in [0.05, 0.1) is 0 Å². The van der Waals surface area contributed by atoms with Crippen molar-refractivity contribution in [3.05, 3.63) is 5.21 Å². The highest BCUT2D eigenvalue weighted by Gasteiger charge is 2.24. The fourth-order valence-corrected chi connectivity index (χ4v) is 0.810. The summed E-state index contributed by atoms with van der Waals surface area (Å²) in [5.41, 5.74) is 4.91. The molecule has 5 heteroatoms. The molecule has 0 spiro atoms. The highest BCUT2D eigenvalue weighted by atomic mass is 16.5. The minimum absolute atomic E-state index is 0.0544. The fourth-order valence-electron chi connectivity index (χ4n) is 0.810. The SMILES string of the molecule is NC(=O)C1C[NH+]([O-])CN1. The number of nitrogens with one attached hydrogen (secondary N) is 2. The molecule has 1 aliphatic rings. The van der Waals surface area contributed by atoms with E-state index in [4.69, 9.17) is 5.73 Å². The third-order valence-corrected chi connectivity index (χ3v) is 1.32. The van der Waals surface area contributed by atoms with Crippen LogP contribution in [0.3, 0.4) is 0 Å². The minimum Gasteiger partial charge on any atom is -0.633 e. The second-order valence-electron chi connectivity index (χ2n) is 2.08. The van der Waals surface area contributed by atoms with Gasteiger partial charge in [0.15, 0.2) is 0 Å². The van der Waals surface area contributed by atoms with Gasteiger partial charge >= 0.3 is 0 Å². The number of amides is 1. The molecule has 9 heavy (non-hydrogen) atoms. The van der Waals surface area contributed by atoms with Crippen molar-refractivity contribution < 1.29 is 9.86 Å². The Balaban J connectivity index is 2.39. The summed E-state index contributed by atoms with van der Waals surface area (Å²) < 4.78 is 0. The molecular formula is C4H9N3O2. The molecule has 1 fully saturated rings. The Hall–Kier alpha value is -0.650. The van der Waals surface area contributed by atoms with Gasteiger partial charge in [0.2, 0.25) is 5.91 Å². The van der Waals surface area contributed by atoms with Crippen LogP contribution in [-0.2, 0) is 4.79 Å². The van der Waals surface area contributed by atoms with Gasteiger partial charge in [-0.15, -0.1) is 0 Å². The quantitative estimate of drug-likeness (QED) is 0.327. The van der Waals surface area contributed by atoms with Crippen molar-refractivity contribution in [1.29, 1.82) is 0 Å². The summed E-state index contributed by atoms with van der Waals surface area (Å²) in [6.45, 7) is 0.545. The van der Waals surface area contributed by atoms with Crippen molar-refractivity contribution in [1.82, 2.24) is 5.32 Å². The van der Waals surface area contributed by atoms with Crippen LogP contribution in [0.2, 0.25) is 0 Å². The van der Waals surface area contributed by atoms with Crippen molar-refractivity contribution in [3.63, 3.8) is 0 Å². The molecule has 1 aliphatic heterocycles. The van der Waals surface area contributed by atoms with E-state index in [1.807, 2.05) is 0 Å². The van der Waals surface area contributed by atoms with Crippen LogP contribution in [-0.4, -0.2) is 25.2 Å². The first-order chi connectivity index (χ1) is 4.20. The molecule has 0 saturated carbocycles. The van der Waals surface area contributed by atoms with Crippen LogP contribution in [0.25, 0.3) is 0 Å². The van der Waals surface area contributed by atoms with E-state index in [2.05, 4.69) is 5.32 Å². The van der Waals surface area contributed by atoms with E-state index < -0.39 is 11.9 Å². The lowest BCUT2D eigenvalue weighted by Gasteiger charge is -2.11. The van der Waals surface area contributed by atoms with Crippen LogP contribution in [0, 0.1) is 5.21 Å². The summed E-state index contributed by atoms with van der Waals surface area (Å²) >= 11 is 0. The fraction of sp³-hybridized carbons (Fsp3) is 0.750. The van der Waals surface area contributed by atoms with E-state index in [-0.39, 0.29) is 18.3 Å². The number of hydrogen-bond acceptors (Lipinski definition) is 3. The molecule has 4 N–H and O–H groups in total. The highest BCUT2D eigenvalue weighted by Crippen LogP contribution is 1.78. The number of hydroxylamine groups is 2. The molecule has 1 heterocycles. The normalized spacial score (nSPS) is 34.8. The number of carbonyl (C=O) groups excluding carboxylic acids is 1. The predicted octanol–water partition coefficient (Wildman–Crippen LogP) is -3.22. The number of primary amides is 1. The Labute approximate surface area is 52.4 Å². The monoisotopic (exact) mass is 131 g/mol. The summed E-state index contributed by atoms with van der Waals surface area (Å²) in [5, 5.41) is 13.2. The summed E-state index contributed by atoms with van der Waals surface area (Å²) in [6, 6.07) is -0.419. The van der Waals surface area contributed by atoms with Crippen molar-refractivity contribution in [2.75, 3.05) is 13.2 Å². The number of hydrogen-bond donors (Lipinski definition) is 3. The van der Waals surface area contributed by atoms with Crippen molar-refractivity contribution >= 4 is 5.91 Å². The van der Waals surface area contributed by atoms with Crippen LogP contribution >= 0.6 is 0 Å². The van der Waals surface area contributed by atoms with E-state index in [0.29, 0.717) is 0 Å². The van der Waals surface area contributed by atoms with Gasteiger partial charge in [-0.2, -0.15) is 0 Å². The zero-order valence-electron chi connectivity index (χ0n) is 4.89. The third-order valence-electron chi connectivity index (χ3n) is 1.32. The van der Waals surface area contributed by atoms with Gasteiger partial charge in [-0.05, 0) is 0 Å². The summed E-state index contributed by atoms with van der Waals surface area (Å²) in [6.07, 6.45) is 0. The first-order valence-electron chi connectivity index (χ1n) is 2.74. The topological polar surface area (TPSA) is 82.6 Å². The highest BCUT2D eigenvalue weighted by molar-refractivity contribution is 5.80. The maximum absolute atomic E-state index is 10.5. The van der Waals surface area contributed by atoms with Gasteiger partial charge in [-0.3, -0.25) is 10.1 Å². The molecule has 1 rings (SSSR count). The summed E-state index contributed by atoms with van der Waals surface area (Å²) in [7, 11) is 0. The molecule has 0 aromatic rings. The van der Waals surface area contributed by atoms with Crippen LogP contribution < -0.4 is 16.1 Å². The lowest BCUT2D eigenvalue weighted by Crippen LogP contribution is -3.06. The molecule has 52 valence electrons. The Bertz CT molecular complexity index is 127.